The standard InChI is InChI=1S/C24H30Cl2N8O3/c1-13(2)33(6-4-3-5-18-31-16-8-14(25)7-15(26)19(16)32-18)9-17-21(35)24(36,10-37-17)34-12-30-20-22(27)28-11-29-23(20)34/h7-8,11-13,17,21,35-36H,3-6,9-10H2,1-2H3,(H,31,32)(H2,27,28,29)/t17-,21-,24-/m1/s1. The van der Waals surface area contributed by atoms with E-state index in [9.17, 15) is 10.2 Å². The number of nitrogens with two attached hydrogens (primary N) is 1. The predicted octanol–water partition coefficient (Wildman–Crippen LogP) is 2.73. The number of benzene rings is 1. The van der Waals surface area contributed by atoms with Crippen LogP contribution in [-0.4, -0.2) is 82.5 Å². The minimum absolute atomic E-state index is 0.0984. The average molecular weight is 549 g/mol. The number of unbranched alkanes of at least 4 members (excludes halogenated alkanes) is 1. The van der Waals surface area contributed by atoms with Crippen LogP contribution >= 0.6 is 23.2 Å². The molecule has 1 saturated heterocycles. The van der Waals surface area contributed by atoms with Gasteiger partial charge in [0.15, 0.2) is 17.2 Å². The van der Waals surface area contributed by atoms with Gasteiger partial charge < -0.3 is 25.7 Å². The number of nitrogens with zero attached hydrogens (tertiary/aromatic N) is 6. The van der Waals surface area contributed by atoms with Gasteiger partial charge in [-0.15, -0.1) is 0 Å². The lowest BCUT2D eigenvalue weighted by atomic mass is 10.0. The summed E-state index contributed by atoms with van der Waals surface area (Å²) in [6, 6.07) is 3.73. The van der Waals surface area contributed by atoms with Crippen LogP contribution in [0.25, 0.3) is 22.2 Å². The number of imidazole rings is 2. The summed E-state index contributed by atoms with van der Waals surface area (Å²) in [5, 5.41) is 23.6. The van der Waals surface area contributed by atoms with Crippen LogP contribution in [0.15, 0.2) is 24.8 Å². The fourth-order valence-corrected chi connectivity index (χ4v) is 5.35. The molecule has 0 bridgehead atoms. The smallest absolute Gasteiger partial charge is 0.197 e. The summed E-state index contributed by atoms with van der Waals surface area (Å²) in [7, 11) is 0. The minimum atomic E-state index is -1.71. The highest BCUT2D eigenvalue weighted by atomic mass is 35.5. The number of rotatable bonds is 9. The Morgan fingerprint density at radius 1 is 1.24 bits per heavy atom. The molecule has 1 fully saturated rings. The summed E-state index contributed by atoms with van der Waals surface area (Å²) in [5.74, 6) is 1.07. The molecular weight excluding hydrogens is 519 g/mol. The molecule has 0 amide bonds. The Bertz CT molecular complexity index is 1410. The van der Waals surface area contributed by atoms with Gasteiger partial charge in [0.25, 0.3) is 0 Å². The first-order chi connectivity index (χ1) is 17.7. The highest BCUT2D eigenvalue weighted by molar-refractivity contribution is 6.38. The van der Waals surface area contributed by atoms with Crippen molar-refractivity contribution in [3.05, 3.63) is 40.7 Å². The number of aliphatic hydroxyl groups is 2. The number of halogens is 2. The van der Waals surface area contributed by atoms with Crippen molar-refractivity contribution >= 4 is 51.2 Å². The topological polar surface area (TPSA) is 151 Å². The summed E-state index contributed by atoms with van der Waals surface area (Å²) in [6.45, 7) is 5.36. The van der Waals surface area contributed by atoms with Crippen molar-refractivity contribution in [2.24, 2.45) is 0 Å². The molecule has 5 N–H and O–H groups in total. The van der Waals surface area contributed by atoms with Crippen molar-refractivity contribution in [3.8, 4) is 0 Å². The Morgan fingerprint density at radius 2 is 2.05 bits per heavy atom. The van der Waals surface area contributed by atoms with Gasteiger partial charge in [0.05, 0.1) is 23.5 Å². The van der Waals surface area contributed by atoms with Crippen molar-refractivity contribution in [2.45, 2.75) is 57.1 Å². The lowest BCUT2D eigenvalue weighted by Crippen LogP contribution is -2.49. The summed E-state index contributed by atoms with van der Waals surface area (Å²) < 4.78 is 7.31. The number of nitrogens with one attached hydrogen (secondary N) is 1. The first-order valence-corrected chi connectivity index (χ1v) is 13.0. The zero-order valence-corrected chi connectivity index (χ0v) is 22.1. The van der Waals surface area contributed by atoms with Crippen LogP contribution in [0, 0.1) is 0 Å². The molecule has 0 radical (unpaired) electrons. The van der Waals surface area contributed by atoms with E-state index in [-0.39, 0.29) is 18.5 Å². The van der Waals surface area contributed by atoms with Crippen LogP contribution in [0.3, 0.4) is 0 Å². The number of nitrogen functional groups attached to an aromatic ring is 1. The molecule has 0 aliphatic carbocycles. The first-order valence-electron chi connectivity index (χ1n) is 12.2. The second kappa shape index (κ2) is 10.3. The van der Waals surface area contributed by atoms with Crippen LogP contribution in [0.2, 0.25) is 10.0 Å². The molecule has 4 aromatic rings. The molecule has 198 valence electrons. The minimum Gasteiger partial charge on any atom is -0.385 e. The van der Waals surface area contributed by atoms with E-state index in [0.29, 0.717) is 27.8 Å². The summed E-state index contributed by atoms with van der Waals surface area (Å²) in [6.07, 6.45) is 3.53. The monoisotopic (exact) mass is 548 g/mol. The van der Waals surface area contributed by atoms with E-state index in [1.165, 1.54) is 17.2 Å². The third kappa shape index (κ3) is 4.99. The molecule has 1 aromatic carbocycles. The fraction of sp³-hybridized carbons (Fsp3) is 0.500. The van der Waals surface area contributed by atoms with E-state index in [2.05, 4.69) is 43.7 Å². The Labute approximate surface area is 223 Å². The molecule has 13 heteroatoms. The number of ether oxygens (including phenoxy) is 1. The largest absolute Gasteiger partial charge is 0.385 e. The Hall–Kier alpha value is -2.54. The Kier molecular flexibility index (Phi) is 7.27. The quantitative estimate of drug-likeness (QED) is 0.231. The van der Waals surface area contributed by atoms with Crippen LogP contribution in [0.4, 0.5) is 5.82 Å². The number of aromatic amines is 1. The third-order valence-electron chi connectivity index (χ3n) is 6.92. The van der Waals surface area contributed by atoms with Gasteiger partial charge in [0.2, 0.25) is 0 Å². The Morgan fingerprint density at radius 3 is 2.84 bits per heavy atom. The van der Waals surface area contributed by atoms with E-state index in [1.54, 1.807) is 6.07 Å². The van der Waals surface area contributed by atoms with Gasteiger partial charge in [-0.3, -0.25) is 9.47 Å². The SMILES string of the molecule is CC(C)N(CCCCc1nc2c(Cl)cc(Cl)cc2[nH]1)C[C@H]1OC[C@](O)(n2cnc3c(N)ncnc32)[C@@H]1O. The van der Waals surface area contributed by atoms with Crippen molar-refractivity contribution in [2.75, 3.05) is 25.4 Å². The number of hydrogen-bond donors (Lipinski definition) is 4. The van der Waals surface area contributed by atoms with Gasteiger partial charge in [-0.2, -0.15) is 0 Å². The van der Waals surface area contributed by atoms with Crippen LogP contribution in [0.5, 0.6) is 0 Å². The summed E-state index contributed by atoms with van der Waals surface area (Å²) in [4.78, 5) is 22.5. The number of fused-ring (bicyclic) bond motifs is 2. The average Bonchev–Trinajstić information content (AvgIpc) is 3.54. The summed E-state index contributed by atoms with van der Waals surface area (Å²) in [5.41, 5.74) is 6.42. The fourth-order valence-electron chi connectivity index (χ4n) is 4.82. The summed E-state index contributed by atoms with van der Waals surface area (Å²) >= 11 is 12.3. The lowest BCUT2D eigenvalue weighted by Gasteiger charge is -2.32. The van der Waals surface area contributed by atoms with Gasteiger partial charge in [-0.1, -0.05) is 23.2 Å². The molecule has 0 saturated carbocycles. The van der Waals surface area contributed by atoms with Gasteiger partial charge in [-0.25, -0.2) is 19.9 Å². The van der Waals surface area contributed by atoms with Crippen molar-refractivity contribution in [3.63, 3.8) is 0 Å². The van der Waals surface area contributed by atoms with Crippen molar-refractivity contribution in [1.29, 1.82) is 0 Å². The van der Waals surface area contributed by atoms with Crippen LogP contribution < -0.4 is 5.73 Å². The zero-order valence-electron chi connectivity index (χ0n) is 20.6. The molecule has 1 aliphatic rings. The lowest BCUT2D eigenvalue weighted by molar-refractivity contribution is -0.109. The molecule has 37 heavy (non-hydrogen) atoms. The van der Waals surface area contributed by atoms with E-state index in [4.69, 9.17) is 33.7 Å². The number of hydrogen-bond acceptors (Lipinski definition) is 9. The van der Waals surface area contributed by atoms with E-state index in [1.807, 2.05) is 6.07 Å². The highest BCUT2D eigenvalue weighted by Gasteiger charge is 2.50. The molecule has 4 heterocycles. The molecule has 0 spiro atoms. The maximum atomic E-state index is 11.4. The normalized spacial score (nSPS) is 22.3. The van der Waals surface area contributed by atoms with Gasteiger partial charge in [0, 0.05) is 24.0 Å². The second-order valence-corrected chi connectivity index (χ2v) is 10.6. The first kappa shape index (κ1) is 26.1. The van der Waals surface area contributed by atoms with Crippen LogP contribution in [0.1, 0.15) is 32.5 Å². The predicted molar refractivity (Wildman–Crippen MR) is 141 cm³/mol. The number of anilines is 1. The van der Waals surface area contributed by atoms with Gasteiger partial charge >= 0.3 is 0 Å². The number of aromatic nitrogens is 6. The van der Waals surface area contributed by atoms with Crippen molar-refractivity contribution < 1.29 is 14.9 Å². The maximum absolute atomic E-state index is 11.4. The van der Waals surface area contributed by atoms with Gasteiger partial charge in [-0.05, 0) is 45.4 Å². The molecular formula is C24H30Cl2N8O3. The molecule has 1 aliphatic heterocycles. The number of aliphatic hydroxyl groups excluding tert-OH is 1. The zero-order chi connectivity index (χ0) is 26.3. The molecule has 3 atom stereocenters. The maximum Gasteiger partial charge on any atom is 0.197 e. The van der Waals surface area contributed by atoms with Gasteiger partial charge in [0.1, 0.15) is 35.4 Å². The Balaban J connectivity index is 1.20. The van der Waals surface area contributed by atoms with E-state index < -0.39 is 17.9 Å². The second-order valence-electron chi connectivity index (χ2n) is 9.73. The van der Waals surface area contributed by atoms with Crippen LogP contribution in [-0.2, 0) is 16.9 Å². The molecule has 3 aromatic heterocycles. The third-order valence-corrected chi connectivity index (χ3v) is 7.43. The number of aryl methyl sites for hydroxylation is 1. The molecule has 0 unspecified atom stereocenters. The van der Waals surface area contributed by atoms with E-state index in [0.717, 1.165) is 42.7 Å². The molecule has 11 nitrogen and oxygen atoms in total. The van der Waals surface area contributed by atoms with E-state index >= 15 is 0 Å². The molecule has 5 rings (SSSR count). The van der Waals surface area contributed by atoms with Crippen molar-refractivity contribution in [1.82, 2.24) is 34.4 Å². The highest BCUT2D eigenvalue weighted by Crippen LogP contribution is 2.33. The number of H-pyrrole nitrogens is 1.